The summed E-state index contributed by atoms with van der Waals surface area (Å²) in [7, 11) is 1.55. The lowest BCUT2D eigenvalue weighted by atomic mass is 10.0. The van der Waals surface area contributed by atoms with Crippen LogP contribution in [-0.4, -0.2) is 57.5 Å². The molecule has 31 heavy (non-hydrogen) atoms. The summed E-state index contributed by atoms with van der Waals surface area (Å²) in [4.78, 5) is 25.2. The molecule has 0 unspecified atom stereocenters. The molecule has 9 nitrogen and oxygen atoms in total. The fourth-order valence-corrected chi connectivity index (χ4v) is 3.21. The number of rotatable bonds is 13. The fraction of sp³-hybridized carbons (Fsp3) is 0.545. The average molecular weight is 437 g/mol. The van der Waals surface area contributed by atoms with Gasteiger partial charge in [-0.05, 0) is 24.1 Å². The highest BCUT2D eigenvalue weighted by Crippen LogP contribution is 2.19. The summed E-state index contributed by atoms with van der Waals surface area (Å²) >= 11 is 0. The van der Waals surface area contributed by atoms with Crippen molar-refractivity contribution < 1.29 is 24.8 Å². The smallest absolute Gasteiger partial charge is 0.333 e. The summed E-state index contributed by atoms with van der Waals surface area (Å²) in [5, 5.41) is 29.8. The van der Waals surface area contributed by atoms with E-state index in [-0.39, 0.29) is 26.2 Å². The average Bonchev–Trinajstić information content (AvgIpc) is 2.77. The van der Waals surface area contributed by atoms with E-state index in [2.05, 4.69) is 0 Å². The molecule has 2 rings (SSSR count). The lowest BCUT2D eigenvalue weighted by Gasteiger charge is -2.27. The fourth-order valence-electron chi connectivity index (χ4n) is 3.21. The van der Waals surface area contributed by atoms with Crippen LogP contribution in [0.1, 0.15) is 38.0 Å². The molecule has 1 aromatic heterocycles. The first-order valence-electron chi connectivity index (χ1n) is 10.4. The maximum absolute atomic E-state index is 12.9. The second-order valence-electron chi connectivity index (χ2n) is 7.38. The van der Waals surface area contributed by atoms with Gasteiger partial charge in [-0.3, -0.25) is 13.9 Å². The van der Waals surface area contributed by atoms with E-state index in [4.69, 9.17) is 9.47 Å². The Kier molecular flexibility index (Phi) is 9.93. The Morgan fingerprint density at radius 2 is 1.74 bits per heavy atom. The minimum absolute atomic E-state index is 0.0177. The maximum Gasteiger partial charge on any atom is 0.333 e. The number of unbranched alkanes of at least 4 members (excludes halogenated alkanes) is 1. The highest BCUT2D eigenvalue weighted by Gasteiger charge is 2.25. The minimum atomic E-state index is -1.29. The van der Waals surface area contributed by atoms with Crippen molar-refractivity contribution in [3.8, 4) is 5.75 Å². The Hall–Kier alpha value is -2.46. The van der Waals surface area contributed by atoms with Crippen LogP contribution in [-0.2, 0) is 11.3 Å². The van der Waals surface area contributed by atoms with Crippen molar-refractivity contribution >= 4 is 0 Å². The zero-order chi connectivity index (χ0) is 22.8. The highest BCUT2D eigenvalue weighted by molar-refractivity contribution is 5.27. The molecule has 3 N–H and O–H groups in total. The topological polar surface area (TPSA) is 123 Å². The van der Waals surface area contributed by atoms with Crippen molar-refractivity contribution in [2.75, 3.05) is 26.9 Å². The zero-order valence-corrected chi connectivity index (χ0v) is 18.0. The van der Waals surface area contributed by atoms with Gasteiger partial charge in [0.05, 0.1) is 33.0 Å². The monoisotopic (exact) mass is 436 g/mol. The van der Waals surface area contributed by atoms with Crippen molar-refractivity contribution in [1.29, 1.82) is 0 Å². The Morgan fingerprint density at radius 3 is 2.32 bits per heavy atom. The molecular weight excluding hydrogens is 404 g/mol. The molecule has 0 fully saturated rings. The Labute approximate surface area is 181 Å². The quantitative estimate of drug-likeness (QED) is 0.396. The van der Waals surface area contributed by atoms with Crippen LogP contribution in [0.3, 0.4) is 0 Å². The van der Waals surface area contributed by atoms with E-state index in [0.29, 0.717) is 12.4 Å². The molecule has 0 spiro atoms. The first-order chi connectivity index (χ1) is 14.9. The van der Waals surface area contributed by atoms with Crippen LogP contribution in [0.5, 0.6) is 5.75 Å². The molecule has 2 aromatic rings. The zero-order valence-electron chi connectivity index (χ0n) is 18.0. The largest absolute Gasteiger partial charge is 0.497 e. The number of aliphatic hydroxyl groups excluding tert-OH is 3. The molecule has 172 valence electrons. The van der Waals surface area contributed by atoms with E-state index in [1.165, 1.54) is 12.3 Å². The van der Waals surface area contributed by atoms with E-state index in [1.54, 1.807) is 31.4 Å². The SMILES string of the molecule is CCCCO[C@@H](C[C@@H](O)n1ccc(=O)n(Cc2ccc(OC)cc2)c1=O)C(CO)CO. The summed E-state index contributed by atoms with van der Waals surface area (Å²) < 4.78 is 13.0. The van der Waals surface area contributed by atoms with Crippen molar-refractivity contribution in [2.45, 2.75) is 45.1 Å². The van der Waals surface area contributed by atoms with Gasteiger partial charge in [0.1, 0.15) is 12.0 Å². The van der Waals surface area contributed by atoms with Gasteiger partial charge in [0.2, 0.25) is 0 Å². The second kappa shape index (κ2) is 12.4. The number of ether oxygens (including phenoxy) is 2. The molecule has 2 atom stereocenters. The van der Waals surface area contributed by atoms with Gasteiger partial charge in [-0.25, -0.2) is 4.79 Å². The van der Waals surface area contributed by atoms with Gasteiger partial charge in [-0.15, -0.1) is 0 Å². The van der Waals surface area contributed by atoms with Crippen LogP contribution in [0.2, 0.25) is 0 Å². The number of aromatic nitrogens is 2. The first kappa shape index (κ1) is 24.8. The molecule has 1 heterocycles. The third-order valence-electron chi connectivity index (χ3n) is 5.18. The molecule has 0 saturated heterocycles. The number of hydrogen-bond acceptors (Lipinski definition) is 7. The molecule has 9 heteroatoms. The summed E-state index contributed by atoms with van der Waals surface area (Å²) in [5.74, 6) is 0.0702. The summed E-state index contributed by atoms with van der Waals surface area (Å²) in [6.07, 6.45) is 0.996. The summed E-state index contributed by atoms with van der Waals surface area (Å²) in [5.41, 5.74) is -0.412. The lowest BCUT2D eigenvalue weighted by Crippen LogP contribution is -2.42. The van der Waals surface area contributed by atoms with E-state index in [1.807, 2.05) is 6.92 Å². The van der Waals surface area contributed by atoms with Crippen LogP contribution in [0.25, 0.3) is 0 Å². The number of hydrogen-bond donors (Lipinski definition) is 3. The number of methoxy groups -OCH3 is 1. The molecular formula is C22H32N2O7. The Balaban J connectivity index is 2.24. The van der Waals surface area contributed by atoms with Crippen molar-refractivity contribution in [3.63, 3.8) is 0 Å². The molecule has 0 aliphatic carbocycles. The third kappa shape index (κ3) is 6.76. The minimum Gasteiger partial charge on any atom is -0.497 e. The van der Waals surface area contributed by atoms with Gasteiger partial charge in [0, 0.05) is 31.2 Å². The van der Waals surface area contributed by atoms with Crippen LogP contribution < -0.4 is 16.0 Å². The van der Waals surface area contributed by atoms with Crippen molar-refractivity contribution in [2.24, 2.45) is 5.92 Å². The van der Waals surface area contributed by atoms with Crippen molar-refractivity contribution in [1.82, 2.24) is 9.13 Å². The normalized spacial score (nSPS) is 13.4. The van der Waals surface area contributed by atoms with Crippen LogP contribution in [0.4, 0.5) is 0 Å². The van der Waals surface area contributed by atoms with Gasteiger partial charge in [0.15, 0.2) is 0 Å². The Bertz CT molecular complexity index is 903. The molecule has 0 radical (unpaired) electrons. The molecule has 0 saturated carbocycles. The molecule has 0 amide bonds. The number of aliphatic hydroxyl groups is 3. The van der Waals surface area contributed by atoms with Crippen LogP contribution >= 0.6 is 0 Å². The van der Waals surface area contributed by atoms with Gasteiger partial charge in [-0.2, -0.15) is 0 Å². The first-order valence-corrected chi connectivity index (χ1v) is 10.4. The third-order valence-corrected chi connectivity index (χ3v) is 5.18. The van der Waals surface area contributed by atoms with E-state index in [0.717, 1.165) is 27.5 Å². The van der Waals surface area contributed by atoms with Crippen molar-refractivity contribution in [3.05, 3.63) is 62.9 Å². The molecule has 0 bridgehead atoms. The highest BCUT2D eigenvalue weighted by atomic mass is 16.5. The number of benzene rings is 1. The van der Waals surface area contributed by atoms with Crippen LogP contribution in [0.15, 0.2) is 46.1 Å². The summed E-state index contributed by atoms with van der Waals surface area (Å²) in [6, 6.07) is 8.20. The van der Waals surface area contributed by atoms with Gasteiger partial charge in [0.25, 0.3) is 5.56 Å². The second-order valence-corrected chi connectivity index (χ2v) is 7.38. The van der Waals surface area contributed by atoms with Gasteiger partial charge in [-0.1, -0.05) is 25.5 Å². The van der Waals surface area contributed by atoms with Gasteiger partial charge < -0.3 is 24.8 Å². The van der Waals surface area contributed by atoms with E-state index < -0.39 is 29.5 Å². The maximum atomic E-state index is 12.9. The standard InChI is InChI=1S/C22H32N2O7/c1-3-4-11-31-19(17(14-25)15-26)12-21(28)23-10-9-20(27)24(22(23)29)13-16-5-7-18(30-2)8-6-16/h5-10,17,19,21,25-26,28H,3-4,11-15H2,1-2H3/t19-,21+/m0/s1. The summed E-state index contributed by atoms with van der Waals surface area (Å²) in [6.45, 7) is 1.84. The molecule has 0 aliphatic rings. The van der Waals surface area contributed by atoms with Crippen LogP contribution in [0, 0.1) is 5.92 Å². The lowest BCUT2D eigenvalue weighted by molar-refractivity contribution is -0.0633. The molecule has 0 aliphatic heterocycles. The predicted octanol–water partition coefficient (Wildman–Crippen LogP) is 0.734. The molecule has 1 aromatic carbocycles. The number of nitrogens with zero attached hydrogens (tertiary/aromatic N) is 2. The Morgan fingerprint density at radius 1 is 1.06 bits per heavy atom. The predicted molar refractivity (Wildman–Crippen MR) is 115 cm³/mol. The van der Waals surface area contributed by atoms with E-state index in [9.17, 15) is 24.9 Å². The van der Waals surface area contributed by atoms with E-state index >= 15 is 0 Å². The van der Waals surface area contributed by atoms with Gasteiger partial charge >= 0.3 is 5.69 Å².